The molecular weight excluding hydrogens is 342 g/mol. The highest BCUT2D eigenvalue weighted by Crippen LogP contribution is 2.19. The van der Waals surface area contributed by atoms with E-state index in [1.807, 2.05) is 13.8 Å². The molecule has 0 fully saturated rings. The number of fused-ring (bicyclic) bond motifs is 1. The van der Waals surface area contributed by atoms with E-state index in [1.54, 1.807) is 24.3 Å². The number of anilines is 1. The molecule has 1 aliphatic rings. The molecule has 0 saturated carbocycles. The molecule has 4 N–H and O–H groups in total. The third-order valence-electron chi connectivity index (χ3n) is 3.86. The highest BCUT2D eigenvalue weighted by atomic mass is 35.5. The van der Waals surface area contributed by atoms with Crippen LogP contribution in [0.3, 0.4) is 0 Å². The van der Waals surface area contributed by atoms with Crippen molar-refractivity contribution in [3.63, 3.8) is 0 Å². The summed E-state index contributed by atoms with van der Waals surface area (Å²) in [5.41, 5.74) is 3.16. The lowest BCUT2D eigenvalue weighted by molar-refractivity contribution is 0.0944. The van der Waals surface area contributed by atoms with E-state index in [2.05, 4.69) is 26.1 Å². The SMILES string of the molecule is CC(C)NC(=O)c1ccccc1NC(=O)c1n[nH]c2c1CNCC2.Cl. The van der Waals surface area contributed by atoms with Gasteiger partial charge in [-0.2, -0.15) is 5.10 Å². The molecule has 0 spiro atoms. The van der Waals surface area contributed by atoms with Gasteiger partial charge in [0.2, 0.25) is 0 Å². The number of nitrogens with zero attached hydrogens (tertiary/aromatic N) is 1. The van der Waals surface area contributed by atoms with Crippen molar-refractivity contribution in [3.8, 4) is 0 Å². The van der Waals surface area contributed by atoms with Crippen molar-refractivity contribution in [2.45, 2.75) is 32.9 Å². The van der Waals surface area contributed by atoms with Gasteiger partial charge >= 0.3 is 0 Å². The second-order valence-corrected chi connectivity index (χ2v) is 6.08. The Hall–Kier alpha value is -2.38. The molecule has 1 aromatic heterocycles. The second kappa shape index (κ2) is 8.13. The van der Waals surface area contributed by atoms with Gasteiger partial charge in [0.1, 0.15) is 0 Å². The topological polar surface area (TPSA) is 98.9 Å². The summed E-state index contributed by atoms with van der Waals surface area (Å²) in [7, 11) is 0. The third-order valence-corrected chi connectivity index (χ3v) is 3.86. The molecule has 1 aromatic carbocycles. The second-order valence-electron chi connectivity index (χ2n) is 6.08. The molecule has 134 valence electrons. The van der Waals surface area contributed by atoms with Gasteiger partial charge in [-0.3, -0.25) is 14.7 Å². The van der Waals surface area contributed by atoms with Gasteiger partial charge in [-0.15, -0.1) is 12.4 Å². The number of benzene rings is 1. The minimum absolute atomic E-state index is 0. The van der Waals surface area contributed by atoms with Crippen LogP contribution in [0.15, 0.2) is 24.3 Å². The van der Waals surface area contributed by atoms with Crippen molar-refractivity contribution >= 4 is 29.9 Å². The Labute approximate surface area is 152 Å². The predicted octanol–water partition coefficient (Wildman–Crippen LogP) is 1.87. The quantitative estimate of drug-likeness (QED) is 0.666. The fourth-order valence-electron chi connectivity index (χ4n) is 2.72. The first-order valence-corrected chi connectivity index (χ1v) is 8.04. The van der Waals surface area contributed by atoms with Crippen LogP contribution in [-0.4, -0.2) is 34.6 Å². The molecule has 3 rings (SSSR count). The monoisotopic (exact) mass is 363 g/mol. The van der Waals surface area contributed by atoms with E-state index in [0.29, 0.717) is 23.5 Å². The first kappa shape index (κ1) is 19.0. The van der Waals surface area contributed by atoms with Gasteiger partial charge in [-0.1, -0.05) is 12.1 Å². The van der Waals surface area contributed by atoms with Gasteiger partial charge in [0.25, 0.3) is 11.8 Å². The fourth-order valence-corrected chi connectivity index (χ4v) is 2.72. The molecule has 7 nitrogen and oxygen atoms in total. The van der Waals surface area contributed by atoms with E-state index >= 15 is 0 Å². The zero-order valence-corrected chi connectivity index (χ0v) is 15.0. The summed E-state index contributed by atoms with van der Waals surface area (Å²) in [5, 5.41) is 15.9. The summed E-state index contributed by atoms with van der Waals surface area (Å²) in [5.74, 6) is -0.535. The number of nitrogens with one attached hydrogen (secondary N) is 4. The largest absolute Gasteiger partial charge is 0.350 e. The van der Waals surface area contributed by atoms with Crippen LogP contribution in [0.5, 0.6) is 0 Å². The van der Waals surface area contributed by atoms with Crippen LogP contribution in [0.2, 0.25) is 0 Å². The van der Waals surface area contributed by atoms with E-state index < -0.39 is 0 Å². The van der Waals surface area contributed by atoms with Gasteiger partial charge in [0, 0.05) is 36.8 Å². The van der Waals surface area contributed by atoms with E-state index in [0.717, 1.165) is 24.2 Å². The number of H-pyrrole nitrogens is 1. The van der Waals surface area contributed by atoms with Crippen LogP contribution in [0.1, 0.15) is 46.0 Å². The molecule has 2 amide bonds. The maximum atomic E-state index is 12.6. The van der Waals surface area contributed by atoms with Crippen LogP contribution in [0.4, 0.5) is 5.69 Å². The van der Waals surface area contributed by atoms with Crippen LogP contribution >= 0.6 is 12.4 Å². The summed E-state index contributed by atoms with van der Waals surface area (Å²) in [6.07, 6.45) is 0.822. The smallest absolute Gasteiger partial charge is 0.276 e. The first-order valence-electron chi connectivity index (χ1n) is 8.04. The maximum absolute atomic E-state index is 12.6. The van der Waals surface area contributed by atoms with E-state index in [-0.39, 0.29) is 30.3 Å². The minimum atomic E-state index is -0.319. The molecule has 0 bridgehead atoms. The Morgan fingerprint density at radius 3 is 2.72 bits per heavy atom. The summed E-state index contributed by atoms with van der Waals surface area (Å²) in [6.45, 7) is 5.27. The van der Waals surface area contributed by atoms with Gasteiger partial charge in [0.15, 0.2) is 5.69 Å². The van der Waals surface area contributed by atoms with Crippen molar-refractivity contribution < 1.29 is 9.59 Å². The molecule has 0 aliphatic carbocycles. The lowest BCUT2D eigenvalue weighted by Crippen LogP contribution is -2.31. The number of rotatable bonds is 4. The highest BCUT2D eigenvalue weighted by molar-refractivity contribution is 6.08. The number of para-hydroxylation sites is 1. The third kappa shape index (κ3) is 4.18. The Kier molecular flexibility index (Phi) is 6.17. The normalized spacial score (nSPS) is 12.9. The maximum Gasteiger partial charge on any atom is 0.276 e. The van der Waals surface area contributed by atoms with Gasteiger partial charge in [-0.05, 0) is 26.0 Å². The Bertz CT molecular complexity index is 772. The summed E-state index contributed by atoms with van der Waals surface area (Å²) in [6, 6.07) is 6.97. The molecule has 25 heavy (non-hydrogen) atoms. The van der Waals surface area contributed by atoms with Crippen molar-refractivity contribution in [2.75, 3.05) is 11.9 Å². The zero-order valence-electron chi connectivity index (χ0n) is 14.2. The molecule has 1 aliphatic heterocycles. The molecule has 0 unspecified atom stereocenters. The number of amides is 2. The number of carbonyl (C=O) groups excluding carboxylic acids is 2. The number of carbonyl (C=O) groups is 2. The molecule has 2 aromatic rings. The van der Waals surface area contributed by atoms with Crippen LogP contribution < -0.4 is 16.0 Å². The first-order chi connectivity index (χ1) is 11.6. The Balaban J connectivity index is 0.00000225. The molecule has 0 saturated heterocycles. The number of halogens is 1. The predicted molar refractivity (Wildman–Crippen MR) is 98.2 cm³/mol. The standard InChI is InChI=1S/C17H21N5O2.ClH/c1-10(2)19-16(23)11-5-3-4-6-13(11)20-17(24)15-12-9-18-8-7-14(12)21-22-15;/h3-6,10,18H,7-9H2,1-2H3,(H,19,23)(H,20,24)(H,21,22);1H. The van der Waals surface area contributed by atoms with Gasteiger partial charge in [-0.25, -0.2) is 0 Å². The van der Waals surface area contributed by atoms with Crippen molar-refractivity contribution in [1.29, 1.82) is 0 Å². The van der Waals surface area contributed by atoms with Crippen LogP contribution in [-0.2, 0) is 13.0 Å². The number of hydrogen-bond donors (Lipinski definition) is 4. The average molecular weight is 364 g/mol. The fraction of sp³-hybridized carbons (Fsp3) is 0.353. The van der Waals surface area contributed by atoms with Crippen molar-refractivity contribution in [1.82, 2.24) is 20.8 Å². The van der Waals surface area contributed by atoms with Gasteiger partial charge in [0.05, 0.1) is 11.3 Å². The van der Waals surface area contributed by atoms with Crippen LogP contribution in [0, 0.1) is 0 Å². The minimum Gasteiger partial charge on any atom is -0.350 e. The van der Waals surface area contributed by atoms with Crippen molar-refractivity contribution in [3.05, 3.63) is 46.8 Å². The van der Waals surface area contributed by atoms with Crippen molar-refractivity contribution in [2.24, 2.45) is 0 Å². The summed E-state index contributed by atoms with van der Waals surface area (Å²) < 4.78 is 0. The average Bonchev–Trinajstić information content (AvgIpc) is 2.98. The van der Waals surface area contributed by atoms with E-state index in [1.165, 1.54) is 0 Å². The highest BCUT2D eigenvalue weighted by Gasteiger charge is 2.22. The molecule has 2 heterocycles. The van der Waals surface area contributed by atoms with Crippen LogP contribution in [0.25, 0.3) is 0 Å². The molecular formula is C17H22ClN5O2. The molecule has 0 atom stereocenters. The van der Waals surface area contributed by atoms with E-state index in [4.69, 9.17) is 0 Å². The van der Waals surface area contributed by atoms with Gasteiger partial charge < -0.3 is 16.0 Å². The lowest BCUT2D eigenvalue weighted by atomic mass is 10.1. The number of aromatic amines is 1. The number of aromatic nitrogens is 2. The molecule has 8 heteroatoms. The van der Waals surface area contributed by atoms with E-state index in [9.17, 15) is 9.59 Å². The molecule has 0 radical (unpaired) electrons. The summed E-state index contributed by atoms with van der Waals surface area (Å²) >= 11 is 0. The summed E-state index contributed by atoms with van der Waals surface area (Å²) in [4.78, 5) is 24.9. The number of hydrogen-bond acceptors (Lipinski definition) is 4. The Morgan fingerprint density at radius 1 is 1.20 bits per heavy atom. The zero-order chi connectivity index (χ0) is 17.1. The Morgan fingerprint density at radius 2 is 1.96 bits per heavy atom. The lowest BCUT2D eigenvalue weighted by Gasteiger charge is -2.14.